The van der Waals surface area contributed by atoms with Gasteiger partial charge in [0.15, 0.2) is 0 Å². The lowest BCUT2D eigenvalue weighted by atomic mass is 10.1. The van der Waals surface area contributed by atoms with Gasteiger partial charge < -0.3 is 14.8 Å². The monoisotopic (exact) mass is 320 g/mol. The molecule has 0 radical (unpaired) electrons. The van der Waals surface area contributed by atoms with Crippen LogP contribution >= 0.6 is 11.8 Å². The Labute approximate surface area is 135 Å². The largest absolute Gasteiger partial charge is 0.496 e. The summed E-state index contributed by atoms with van der Waals surface area (Å²) >= 11 is 1.54. The number of methoxy groups -OCH3 is 2. The molecule has 1 unspecified atom stereocenters. The van der Waals surface area contributed by atoms with Crippen molar-refractivity contribution in [2.75, 3.05) is 27.1 Å². The van der Waals surface area contributed by atoms with Gasteiger partial charge in [-0.3, -0.25) is 4.79 Å². The summed E-state index contributed by atoms with van der Waals surface area (Å²) < 4.78 is 10.2. The number of rotatable bonds is 7. The number of nitrogens with one attached hydrogen (secondary N) is 1. The SMILES string of the molecule is COCC(C)NC(=O)/C(C#N)=C\c1ccc(OC)c(SC)c1. The summed E-state index contributed by atoms with van der Waals surface area (Å²) in [5.41, 5.74) is 0.830. The molecule has 0 aliphatic rings. The van der Waals surface area contributed by atoms with Gasteiger partial charge in [-0.15, -0.1) is 11.8 Å². The molecule has 1 atom stereocenters. The minimum atomic E-state index is -0.409. The Morgan fingerprint density at radius 3 is 2.77 bits per heavy atom. The summed E-state index contributed by atoms with van der Waals surface area (Å²) in [4.78, 5) is 13.0. The first-order chi connectivity index (χ1) is 10.5. The van der Waals surface area contributed by atoms with E-state index in [0.29, 0.717) is 6.61 Å². The van der Waals surface area contributed by atoms with E-state index < -0.39 is 5.91 Å². The average molecular weight is 320 g/mol. The summed E-state index contributed by atoms with van der Waals surface area (Å²) in [6, 6.07) is 7.28. The van der Waals surface area contributed by atoms with Crippen molar-refractivity contribution in [3.8, 4) is 11.8 Å². The lowest BCUT2D eigenvalue weighted by Gasteiger charge is -2.12. The predicted molar refractivity (Wildman–Crippen MR) is 87.8 cm³/mol. The molecule has 0 bridgehead atoms. The van der Waals surface area contributed by atoms with Gasteiger partial charge in [-0.05, 0) is 37.0 Å². The van der Waals surface area contributed by atoms with Gasteiger partial charge in [-0.25, -0.2) is 0 Å². The summed E-state index contributed by atoms with van der Waals surface area (Å²) in [7, 11) is 3.17. The summed E-state index contributed by atoms with van der Waals surface area (Å²) in [5.74, 6) is 0.356. The third kappa shape index (κ3) is 5.10. The molecule has 5 nitrogen and oxygen atoms in total. The smallest absolute Gasteiger partial charge is 0.262 e. The maximum atomic E-state index is 12.1. The molecule has 118 valence electrons. The van der Waals surface area contributed by atoms with Crippen molar-refractivity contribution in [2.45, 2.75) is 17.9 Å². The Balaban J connectivity index is 2.97. The van der Waals surface area contributed by atoms with Crippen molar-refractivity contribution in [3.05, 3.63) is 29.3 Å². The van der Waals surface area contributed by atoms with E-state index in [1.54, 1.807) is 32.1 Å². The molecule has 6 heteroatoms. The van der Waals surface area contributed by atoms with Crippen molar-refractivity contribution in [2.24, 2.45) is 0 Å². The molecule has 0 saturated carbocycles. The Kier molecular flexibility index (Phi) is 7.50. The van der Waals surface area contributed by atoms with Crippen LogP contribution in [0.5, 0.6) is 5.75 Å². The van der Waals surface area contributed by atoms with Gasteiger partial charge in [-0.1, -0.05) is 6.07 Å². The fourth-order valence-corrected chi connectivity index (χ4v) is 2.46. The second-order valence-corrected chi connectivity index (χ2v) is 5.46. The highest BCUT2D eigenvalue weighted by atomic mass is 32.2. The van der Waals surface area contributed by atoms with Gasteiger partial charge in [0, 0.05) is 18.0 Å². The first-order valence-corrected chi connectivity index (χ1v) is 7.91. The molecule has 0 aliphatic heterocycles. The molecular weight excluding hydrogens is 300 g/mol. The van der Waals surface area contributed by atoms with E-state index in [0.717, 1.165) is 16.2 Å². The van der Waals surface area contributed by atoms with Crippen molar-refractivity contribution in [3.63, 3.8) is 0 Å². The van der Waals surface area contributed by atoms with Crippen LogP contribution in [0.2, 0.25) is 0 Å². The van der Waals surface area contributed by atoms with Gasteiger partial charge in [-0.2, -0.15) is 5.26 Å². The Bertz CT molecular complexity index is 594. The fourth-order valence-electron chi connectivity index (χ4n) is 1.85. The van der Waals surface area contributed by atoms with Gasteiger partial charge in [0.25, 0.3) is 5.91 Å². The normalized spacial score (nSPS) is 12.4. The zero-order valence-electron chi connectivity index (χ0n) is 13.2. The van der Waals surface area contributed by atoms with E-state index in [2.05, 4.69) is 5.32 Å². The van der Waals surface area contributed by atoms with E-state index in [1.807, 2.05) is 37.4 Å². The maximum Gasteiger partial charge on any atom is 0.262 e. The van der Waals surface area contributed by atoms with Crippen molar-refractivity contribution < 1.29 is 14.3 Å². The molecule has 1 aromatic carbocycles. The molecule has 0 heterocycles. The van der Waals surface area contributed by atoms with Gasteiger partial charge in [0.2, 0.25) is 0 Å². The van der Waals surface area contributed by atoms with Gasteiger partial charge >= 0.3 is 0 Å². The standard InChI is InChI=1S/C16H20N2O3S/c1-11(10-20-2)18-16(19)13(9-17)7-12-5-6-14(21-3)15(8-12)22-4/h5-8,11H,10H2,1-4H3,(H,18,19)/b13-7-. The number of carbonyl (C=O) groups excluding carboxylic acids is 1. The first kappa shape index (κ1) is 18.1. The zero-order valence-corrected chi connectivity index (χ0v) is 14.0. The number of benzene rings is 1. The molecule has 1 aromatic rings. The second kappa shape index (κ2) is 9.13. The van der Waals surface area contributed by atoms with Crippen LogP contribution in [0.1, 0.15) is 12.5 Å². The summed E-state index contributed by atoms with van der Waals surface area (Å²) in [6.45, 7) is 2.21. The molecule has 0 aliphatic carbocycles. The molecule has 22 heavy (non-hydrogen) atoms. The number of ether oxygens (including phenoxy) is 2. The number of nitriles is 1. The fraction of sp³-hybridized carbons (Fsp3) is 0.375. The Morgan fingerprint density at radius 1 is 1.50 bits per heavy atom. The van der Waals surface area contributed by atoms with E-state index in [-0.39, 0.29) is 11.6 Å². The van der Waals surface area contributed by atoms with Gasteiger partial charge in [0.1, 0.15) is 17.4 Å². The average Bonchev–Trinajstić information content (AvgIpc) is 2.52. The number of amides is 1. The highest BCUT2D eigenvalue weighted by Gasteiger charge is 2.12. The number of hydrogen-bond acceptors (Lipinski definition) is 5. The molecule has 0 spiro atoms. The zero-order chi connectivity index (χ0) is 16.5. The van der Waals surface area contributed by atoms with Crippen LogP contribution in [-0.4, -0.2) is 39.0 Å². The summed E-state index contributed by atoms with van der Waals surface area (Å²) in [5, 5.41) is 11.9. The molecule has 0 fully saturated rings. The van der Waals surface area contributed by atoms with Crippen LogP contribution in [0.3, 0.4) is 0 Å². The first-order valence-electron chi connectivity index (χ1n) is 6.69. The molecule has 0 aromatic heterocycles. The Hall–Kier alpha value is -1.97. The van der Waals surface area contributed by atoms with E-state index in [4.69, 9.17) is 9.47 Å². The third-order valence-electron chi connectivity index (χ3n) is 2.88. The predicted octanol–water partition coefficient (Wildman–Crippen LogP) is 2.48. The number of nitrogens with zero attached hydrogens (tertiary/aromatic N) is 1. The van der Waals surface area contributed by atoms with E-state index in [1.165, 1.54) is 0 Å². The highest BCUT2D eigenvalue weighted by molar-refractivity contribution is 7.98. The van der Waals surface area contributed by atoms with Crippen LogP contribution in [0.15, 0.2) is 28.7 Å². The minimum absolute atomic E-state index is 0.0557. The van der Waals surface area contributed by atoms with Crippen LogP contribution in [0, 0.1) is 11.3 Å². The third-order valence-corrected chi connectivity index (χ3v) is 3.64. The second-order valence-electron chi connectivity index (χ2n) is 4.61. The van der Waals surface area contributed by atoms with Crippen molar-refractivity contribution in [1.29, 1.82) is 5.26 Å². The highest BCUT2D eigenvalue weighted by Crippen LogP contribution is 2.29. The molecule has 1 N–H and O–H groups in total. The van der Waals surface area contributed by atoms with E-state index in [9.17, 15) is 10.1 Å². The lowest BCUT2D eigenvalue weighted by Crippen LogP contribution is -2.36. The van der Waals surface area contributed by atoms with E-state index >= 15 is 0 Å². The summed E-state index contributed by atoms with van der Waals surface area (Å²) in [6.07, 6.45) is 3.50. The topological polar surface area (TPSA) is 71.3 Å². The van der Waals surface area contributed by atoms with Crippen LogP contribution in [-0.2, 0) is 9.53 Å². The van der Waals surface area contributed by atoms with Crippen LogP contribution in [0.4, 0.5) is 0 Å². The minimum Gasteiger partial charge on any atom is -0.496 e. The van der Waals surface area contributed by atoms with Crippen LogP contribution < -0.4 is 10.1 Å². The van der Waals surface area contributed by atoms with Crippen molar-refractivity contribution >= 4 is 23.7 Å². The number of carbonyl (C=O) groups is 1. The lowest BCUT2D eigenvalue weighted by molar-refractivity contribution is -0.117. The molecular formula is C16H20N2O3S. The number of thioether (sulfide) groups is 1. The quantitative estimate of drug-likeness (QED) is 0.475. The van der Waals surface area contributed by atoms with Crippen molar-refractivity contribution in [1.82, 2.24) is 5.32 Å². The van der Waals surface area contributed by atoms with Gasteiger partial charge in [0.05, 0.1) is 13.7 Å². The molecule has 1 amide bonds. The number of hydrogen-bond donors (Lipinski definition) is 1. The maximum absolute atomic E-state index is 12.1. The van der Waals surface area contributed by atoms with Crippen LogP contribution in [0.25, 0.3) is 6.08 Å². The molecule has 1 rings (SSSR count). The molecule has 0 saturated heterocycles. The Morgan fingerprint density at radius 2 is 2.23 bits per heavy atom.